The summed E-state index contributed by atoms with van der Waals surface area (Å²) in [5, 5.41) is 3.07. The summed E-state index contributed by atoms with van der Waals surface area (Å²) in [6, 6.07) is 9.04. The minimum absolute atomic E-state index is 0.0312. The van der Waals surface area contributed by atoms with Crippen molar-refractivity contribution in [3.05, 3.63) is 48.3 Å². The van der Waals surface area contributed by atoms with Gasteiger partial charge >= 0.3 is 0 Å². The quantitative estimate of drug-likeness (QED) is 0.812. The van der Waals surface area contributed by atoms with Crippen LogP contribution >= 0.6 is 0 Å². The van der Waals surface area contributed by atoms with Crippen LogP contribution in [0.4, 0.5) is 5.95 Å². The van der Waals surface area contributed by atoms with E-state index in [0.717, 1.165) is 31.6 Å². The standard InChI is InChI=1S/C23H27N5O3/c1-31-18-5-3-17(4-6-18)19(29)27-13-8-22(9-14-27)15-28(21-25-10-2-11-26-21)16-23(22)7-12-24-20(23)30/h2-6,10-11H,7-9,12-16H2,1H3,(H,24,30)/t23-/m0/s1. The maximum absolute atomic E-state index is 13.1. The predicted octanol–water partition coefficient (Wildman–Crippen LogP) is 1.73. The molecule has 0 bridgehead atoms. The van der Waals surface area contributed by atoms with Crippen molar-refractivity contribution in [3.63, 3.8) is 0 Å². The highest BCUT2D eigenvalue weighted by Crippen LogP contribution is 2.56. The van der Waals surface area contributed by atoms with Crippen molar-refractivity contribution in [2.24, 2.45) is 10.8 Å². The Morgan fingerprint density at radius 3 is 2.39 bits per heavy atom. The average molecular weight is 422 g/mol. The van der Waals surface area contributed by atoms with Crippen LogP contribution in [-0.2, 0) is 4.79 Å². The van der Waals surface area contributed by atoms with Gasteiger partial charge in [-0.05, 0) is 49.6 Å². The molecule has 1 aromatic heterocycles. The van der Waals surface area contributed by atoms with Gasteiger partial charge in [-0.3, -0.25) is 9.59 Å². The number of amides is 2. The molecule has 1 atom stereocenters. The van der Waals surface area contributed by atoms with Crippen LogP contribution in [0.15, 0.2) is 42.7 Å². The van der Waals surface area contributed by atoms with Crippen molar-refractivity contribution < 1.29 is 14.3 Å². The van der Waals surface area contributed by atoms with Crippen molar-refractivity contribution in [1.82, 2.24) is 20.2 Å². The van der Waals surface area contributed by atoms with Gasteiger partial charge in [0.1, 0.15) is 5.75 Å². The number of benzene rings is 1. The Labute approximate surface area is 181 Å². The summed E-state index contributed by atoms with van der Waals surface area (Å²) < 4.78 is 5.19. The number of fused-ring (bicyclic) bond motifs is 1. The number of likely N-dealkylation sites (tertiary alicyclic amines) is 1. The summed E-state index contributed by atoms with van der Waals surface area (Å²) in [5.74, 6) is 1.58. The summed E-state index contributed by atoms with van der Waals surface area (Å²) in [7, 11) is 1.61. The van der Waals surface area contributed by atoms with E-state index in [4.69, 9.17) is 4.74 Å². The van der Waals surface area contributed by atoms with Gasteiger partial charge in [0.05, 0.1) is 12.5 Å². The van der Waals surface area contributed by atoms with Gasteiger partial charge < -0.3 is 19.9 Å². The molecule has 162 valence electrons. The van der Waals surface area contributed by atoms with Gasteiger partial charge in [-0.15, -0.1) is 0 Å². The number of rotatable bonds is 3. The van der Waals surface area contributed by atoms with Gasteiger partial charge in [0.2, 0.25) is 11.9 Å². The van der Waals surface area contributed by atoms with Gasteiger partial charge in [0.25, 0.3) is 5.91 Å². The molecule has 4 heterocycles. The topological polar surface area (TPSA) is 87.7 Å². The second kappa shape index (κ2) is 7.51. The van der Waals surface area contributed by atoms with Crippen molar-refractivity contribution >= 4 is 17.8 Å². The number of nitrogens with zero attached hydrogens (tertiary/aromatic N) is 4. The number of aromatic nitrogens is 2. The molecule has 1 aromatic carbocycles. The minimum Gasteiger partial charge on any atom is -0.497 e. The highest BCUT2D eigenvalue weighted by molar-refractivity contribution is 5.94. The molecule has 0 unspecified atom stereocenters. The van der Waals surface area contributed by atoms with E-state index in [2.05, 4.69) is 20.2 Å². The molecule has 31 heavy (non-hydrogen) atoms. The minimum atomic E-state index is -0.443. The first-order valence-electron chi connectivity index (χ1n) is 10.8. The first-order valence-corrected chi connectivity index (χ1v) is 10.8. The smallest absolute Gasteiger partial charge is 0.253 e. The molecule has 0 aliphatic carbocycles. The number of piperidine rings is 1. The van der Waals surface area contributed by atoms with Gasteiger partial charge in [-0.2, -0.15) is 0 Å². The van der Waals surface area contributed by atoms with Crippen LogP contribution in [-0.4, -0.2) is 66.5 Å². The SMILES string of the molecule is COc1ccc(C(=O)N2CCC3(CC2)CN(c2ncccn2)C[C@]32CCNC2=O)cc1. The maximum Gasteiger partial charge on any atom is 0.253 e. The highest BCUT2D eigenvalue weighted by atomic mass is 16.5. The van der Waals surface area contributed by atoms with Crippen LogP contribution in [0.1, 0.15) is 29.6 Å². The second-order valence-corrected chi connectivity index (χ2v) is 8.79. The van der Waals surface area contributed by atoms with Gasteiger partial charge in [-0.1, -0.05) is 0 Å². The Morgan fingerprint density at radius 1 is 1.06 bits per heavy atom. The van der Waals surface area contributed by atoms with Crippen LogP contribution in [0, 0.1) is 10.8 Å². The molecule has 3 aliphatic rings. The molecule has 2 aromatic rings. The molecule has 2 spiro atoms. The lowest BCUT2D eigenvalue weighted by atomic mass is 9.60. The van der Waals surface area contributed by atoms with Gasteiger partial charge in [0.15, 0.2) is 0 Å². The van der Waals surface area contributed by atoms with E-state index in [1.54, 1.807) is 25.6 Å². The summed E-state index contributed by atoms with van der Waals surface area (Å²) in [4.78, 5) is 39.0. The Hall–Kier alpha value is -3.16. The number of hydrogen-bond acceptors (Lipinski definition) is 6. The maximum atomic E-state index is 13.1. The average Bonchev–Trinajstić information content (AvgIpc) is 3.35. The number of carbonyl (C=O) groups excluding carboxylic acids is 2. The molecule has 3 saturated heterocycles. The molecule has 8 nitrogen and oxygen atoms in total. The first-order chi connectivity index (χ1) is 15.1. The van der Waals surface area contributed by atoms with E-state index in [-0.39, 0.29) is 17.2 Å². The molecule has 2 amide bonds. The summed E-state index contributed by atoms with van der Waals surface area (Å²) >= 11 is 0. The third-order valence-electron chi connectivity index (χ3n) is 7.42. The lowest BCUT2D eigenvalue weighted by molar-refractivity contribution is -0.133. The number of carbonyl (C=O) groups is 2. The van der Waals surface area contributed by atoms with Crippen LogP contribution < -0.4 is 15.0 Å². The van der Waals surface area contributed by atoms with Crippen LogP contribution in [0.5, 0.6) is 5.75 Å². The van der Waals surface area contributed by atoms with Crippen molar-refractivity contribution in [3.8, 4) is 5.75 Å². The zero-order chi connectivity index (χ0) is 21.5. The zero-order valence-corrected chi connectivity index (χ0v) is 17.7. The van der Waals surface area contributed by atoms with E-state index < -0.39 is 5.41 Å². The molecular weight excluding hydrogens is 394 g/mol. The number of anilines is 1. The molecule has 0 saturated carbocycles. The molecular formula is C23H27N5O3. The lowest BCUT2D eigenvalue weighted by Crippen LogP contribution is -2.53. The second-order valence-electron chi connectivity index (χ2n) is 8.79. The van der Waals surface area contributed by atoms with Crippen molar-refractivity contribution in [2.75, 3.05) is 44.7 Å². The molecule has 5 rings (SSSR count). The molecule has 3 aliphatic heterocycles. The van der Waals surface area contributed by atoms with Crippen molar-refractivity contribution in [1.29, 1.82) is 0 Å². The fraction of sp³-hybridized carbons (Fsp3) is 0.478. The lowest BCUT2D eigenvalue weighted by Gasteiger charge is -2.46. The molecule has 0 radical (unpaired) electrons. The monoisotopic (exact) mass is 421 g/mol. The zero-order valence-electron chi connectivity index (χ0n) is 17.7. The van der Waals surface area contributed by atoms with E-state index in [9.17, 15) is 9.59 Å². The van der Waals surface area contributed by atoms with Gasteiger partial charge in [0, 0.05) is 56.1 Å². The van der Waals surface area contributed by atoms with E-state index in [1.807, 2.05) is 29.2 Å². The normalized spacial score (nSPS) is 24.6. The van der Waals surface area contributed by atoms with Crippen LogP contribution in [0.2, 0.25) is 0 Å². The fourth-order valence-electron chi connectivity index (χ4n) is 5.68. The highest BCUT2D eigenvalue weighted by Gasteiger charge is 2.64. The van der Waals surface area contributed by atoms with E-state index >= 15 is 0 Å². The largest absolute Gasteiger partial charge is 0.497 e. The number of hydrogen-bond donors (Lipinski definition) is 1. The predicted molar refractivity (Wildman–Crippen MR) is 115 cm³/mol. The Balaban J connectivity index is 1.36. The Kier molecular flexibility index (Phi) is 4.79. The summed E-state index contributed by atoms with van der Waals surface area (Å²) in [5.41, 5.74) is 0.0427. The molecule has 1 N–H and O–H groups in total. The van der Waals surface area contributed by atoms with Gasteiger partial charge in [-0.25, -0.2) is 9.97 Å². The van der Waals surface area contributed by atoms with Crippen molar-refractivity contribution in [2.45, 2.75) is 19.3 Å². The molecule has 3 fully saturated rings. The van der Waals surface area contributed by atoms with E-state index in [1.165, 1.54) is 0 Å². The summed E-state index contributed by atoms with van der Waals surface area (Å²) in [6.07, 6.45) is 5.90. The number of methoxy groups -OCH3 is 1. The third kappa shape index (κ3) is 3.12. The number of nitrogens with one attached hydrogen (secondary N) is 1. The fourth-order valence-corrected chi connectivity index (χ4v) is 5.68. The van der Waals surface area contributed by atoms with Crippen LogP contribution in [0.3, 0.4) is 0 Å². The van der Waals surface area contributed by atoms with E-state index in [0.29, 0.717) is 37.7 Å². The summed E-state index contributed by atoms with van der Waals surface area (Å²) in [6.45, 7) is 3.37. The Bertz CT molecular complexity index is 972. The van der Waals surface area contributed by atoms with Crippen LogP contribution in [0.25, 0.3) is 0 Å². The Morgan fingerprint density at radius 2 is 1.77 bits per heavy atom. The number of ether oxygens (including phenoxy) is 1. The third-order valence-corrected chi connectivity index (χ3v) is 7.42. The first kappa shape index (κ1) is 19.8. The molecule has 8 heteroatoms.